The highest BCUT2D eigenvalue weighted by molar-refractivity contribution is 6.23. The Morgan fingerprint density at radius 1 is 0.817 bits per heavy atom. The van der Waals surface area contributed by atoms with Gasteiger partial charge in [-0.2, -0.15) is 0 Å². The number of imide groups is 2. The molecule has 0 saturated carbocycles. The number of phenols is 1. The van der Waals surface area contributed by atoms with Gasteiger partial charge in [0.2, 0.25) is 17.7 Å². The topological polar surface area (TPSA) is 196 Å². The number of amides is 5. The van der Waals surface area contributed by atoms with E-state index in [2.05, 4.69) is 50.0 Å². The third-order valence-electron chi connectivity index (χ3n) is 11.1. The molecule has 3 aromatic carbocycles. The molecule has 0 aromatic heterocycles. The number of carbonyl (C=O) groups is 6. The number of piperazine rings is 1. The minimum Gasteiger partial charge on any atom is -0.507 e. The Labute approximate surface area is 347 Å². The van der Waals surface area contributed by atoms with Crippen LogP contribution in [0.25, 0.3) is 0 Å². The predicted molar refractivity (Wildman–Crippen MR) is 220 cm³/mol. The molecule has 316 valence electrons. The van der Waals surface area contributed by atoms with Gasteiger partial charge in [-0.25, -0.2) is 0 Å². The first-order valence-electron chi connectivity index (χ1n) is 20.4. The molecule has 60 heavy (non-hydrogen) atoms. The van der Waals surface area contributed by atoms with E-state index in [0.717, 1.165) is 35.7 Å². The van der Waals surface area contributed by atoms with Crippen LogP contribution < -0.4 is 20.9 Å². The number of carbonyl (C=O) groups excluding carboxylic acids is 6. The first-order chi connectivity index (χ1) is 29.2. The van der Waals surface area contributed by atoms with Crippen molar-refractivity contribution < 1.29 is 48.1 Å². The lowest BCUT2D eigenvalue weighted by molar-refractivity contribution is -0.136. The molecule has 3 aromatic rings. The maximum absolute atomic E-state index is 13.0. The molecule has 4 aliphatic heterocycles. The van der Waals surface area contributed by atoms with Crippen molar-refractivity contribution >= 4 is 46.7 Å². The van der Waals surface area contributed by atoms with Crippen LogP contribution in [0.15, 0.2) is 79.0 Å². The quantitative estimate of drug-likeness (QED) is 0.0531. The zero-order chi connectivity index (χ0) is 42.0. The number of benzene rings is 3. The molecular weight excluding hydrogens is 773 g/mol. The minimum absolute atomic E-state index is 0.0140. The third kappa shape index (κ3) is 10.2. The van der Waals surface area contributed by atoms with Crippen molar-refractivity contribution in [1.82, 2.24) is 20.4 Å². The fourth-order valence-corrected chi connectivity index (χ4v) is 8.01. The Balaban J connectivity index is 0.696. The number of nitrogens with one attached hydrogen (secondary N) is 3. The lowest BCUT2D eigenvalue weighted by atomic mass is 10.0. The lowest BCUT2D eigenvalue weighted by Gasteiger charge is -2.35. The highest BCUT2D eigenvalue weighted by atomic mass is 16.5. The van der Waals surface area contributed by atoms with Gasteiger partial charge in [0.15, 0.2) is 5.78 Å². The minimum atomic E-state index is -1.01. The number of allylic oxidation sites excluding steroid dienone is 1. The highest BCUT2D eigenvalue weighted by Gasteiger charge is 2.45. The number of para-hydroxylation sites is 1. The maximum atomic E-state index is 13.0. The summed E-state index contributed by atoms with van der Waals surface area (Å²) in [6.45, 7) is 4.78. The molecular formula is C44H50N6O10. The number of aromatic hydroxyl groups is 1. The highest BCUT2D eigenvalue weighted by Crippen LogP contribution is 2.35. The first-order valence-corrected chi connectivity index (χ1v) is 20.4. The summed E-state index contributed by atoms with van der Waals surface area (Å²) in [5.41, 5.74) is 3.66. The Morgan fingerprint density at radius 2 is 1.58 bits per heavy atom. The molecule has 16 nitrogen and oxygen atoms in total. The molecule has 4 heterocycles. The van der Waals surface area contributed by atoms with Gasteiger partial charge >= 0.3 is 0 Å². The number of piperidine rings is 1. The number of hydrogen-bond donors (Lipinski definition) is 4. The van der Waals surface area contributed by atoms with Crippen molar-refractivity contribution in [3.8, 4) is 5.75 Å². The van der Waals surface area contributed by atoms with Crippen molar-refractivity contribution in [2.45, 2.75) is 50.2 Å². The van der Waals surface area contributed by atoms with Crippen LogP contribution in [-0.2, 0) is 35.0 Å². The second-order valence-electron chi connectivity index (χ2n) is 15.1. The van der Waals surface area contributed by atoms with Crippen LogP contribution in [0.5, 0.6) is 5.75 Å². The third-order valence-corrected chi connectivity index (χ3v) is 11.1. The maximum Gasteiger partial charge on any atom is 0.262 e. The van der Waals surface area contributed by atoms with Gasteiger partial charge in [-0.3, -0.25) is 39.0 Å². The second-order valence-corrected chi connectivity index (χ2v) is 15.1. The largest absolute Gasteiger partial charge is 0.507 e. The monoisotopic (exact) mass is 822 g/mol. The average molecular weight is 823 g/mol. The number of phenolic OH excluding ortho intramolecular Hbond substituents is 1. The average Bonchev–Trinajstić information content (AvgIpc) is 3.92. The van der Waals surface area contributed by atoms with E-state index in [1.807, 2.05) is 6.20 Å². The summed E-state index contributed by atoms with van der Waals surface area (Å²) in [7, 11) is 0. The normalized spacial score (nSPS) is 19.7. The summed E-state index contributed by atoms with van der Waals surface area (Å²) in [5.74, 6) is -2.47. The van der Waals surface area contributed by atoms with E-state index in [9.17, 15) is 33.9 Å². The van der Waals surface area contributed by atoms with E-state index in [0.29, 0.717) is 75.9 Å². The van der Waals surface area contributed by atoms with Crippen LogP contribution in [0.2, 0.25) is 0 Å². The Bertz CT molecular complexity index is 2130. The van der Waals surface area contributed by atoms with Gasteiger partial charge in [0.25, 0.3) is 11.8 Å². The molecule has 2 bridgehead atoms. The number of anilines is 2. The van der Waals surface area contributed by atoms with Gasteiger partial charge in [0.1, 0.15) is 11.8 Å². The van der Waals surface area contributed by atoms with E-state index in [1.54, 1.807) is 42.5 Å². The molecule has 1 unspecified atom stereocenters. The summed E-state index contributed by atoms with van der Waals surface area (Å²) in [6.07, 6.45) is 5.55. The summed E-state index contributed by atoms with van der Waals surface area (Å²) in [4.78, 5) is 80.2. The summed E-state index contributed by atoms with van der Waals surface area (Å²) in [5, 5.41) is 18.3. The first kappa shape index (κ1) is 42.0. The van der Waals surface area contributed by atoms with Gasteiger partial charge < -0.3 is 39.8 Å². The number of ether oxygens (including phenoxy) is 3. The van der Waals surface area contributed by atoms with E-state index in [4.69, 9.17) is 14.2 Å². The van der Waals surface area contributed by atoms with Gasteiger partial charge in [-0.15, -0.1) is 0 Å². The van der Waals surface area contributed by atoms with Crippen molar-refractivity contribution in [2.24, 2.45) is 0 Å². The molecule has 7 rings (SSSR count). The van der Waals surface area contributed by atoms with Crippen LogP contribution in [0.1, 0.15) is 62.3 Å². The fourth-order valence-electron chi connectivity index (χ4n) is 8.01. The summed E-state index contributed by atoms with van der Waals surface area (Å²) < 4.78 is 16.7. The van der Waals surface area contributed by atoms with Gasteiger partial charge in [0, 0.05) is 74.8 Å². The zero-order valence-electron chi connectivity index (χ0n) is 33.3. The molecule has 0 spiro atoms. The molecule has 3 fully saturated rings. The summed E-state index contributed by atoms with van der Waals surface area (Å²) >= 11 is 0. The number of rotatable bonds is 21. The van der Waals surface area contributed by atoms with Gasteiger partial charge in [-0.1, -0.05) is 24.3 Å². The van der Waals surface area contributed by atoms with Gasteiger partial charge in [0.05, 0.1) is 56.3 Å². The zero-order valence-corrected chi connectivity index (χ0v) is 33.3. The molecule has 3 atom stereocenters. The number of fused-ring (bicyclic) bond motifs is 3. The lowest BCUT2D eigenvalue weighted by Crippen LogP contribution is -2.54. The Morgan fingerprint density at radius 3 is 2.35 bits per heavy atom. The molecule has 4 N–H and O–H groups in total. The van der Waals surface area contributed by atoms with Crippen molar-refractivity contribution in [3.63, 3.8) is 0 Å². The van der Waals surface area contributed by atoms with Gasteiger partial charge in [-0.05, 0) is 67.3 Å². The van der Waals surface area contributed by atoms with E-state index < -0.39 is 29.7 Å². The molecule has 16 heteroatoms. The molecule has 4 aliphatic rings. The number of hydrogen-bond acceptors (Lipinski definition) is 13. The summed E-state index contributed by atoms with van der Waals surface area (Å²) in [6, 6.07) is 19.5. The predicted octanol–water partition coefficient (Wildman–Crippen LogP) is 2.66. The standard InChI is InChI=1S/C44H50N6O10/c51-38-7-2-1-6-35(38)39(52)13-17-48-27-33-26-32(48)28-49(33)31-5-3-4-29(24-31)12-15-46-40(53)14-18-58-20-22-60-23-21-59-19-16-45-30-8-9-34-36(25-30)44(57)50(43(34)56)37-10-11-41(54)47-42(37)55/h1-9,13,17,24-25,32-33,37,45,51H,10-12,14-16,18-23,26-28H2,(H,46,53)(H,47,54,55)/b17-13+/t32-,33-,37?/m1/s1. The van der Waals surface area contributed by atoms with E-state index >= 15 is 0 Å². The molecule has 0 aliphatic carbocycles. The second kappa shape index (κ2) is 19.8. The fraction of sp³-hybridized carbons (Fsp3) is 0.409. The van der Waals surface area contributed by atoms with Crippen molar-refractivity contribution in [1.29, 1.82) is 0 Å². The van der Waals surface area contributed by atoms with E-state index in [-0.39, 0.29) is 54.4 Å². The van der Waals surface area contributed by atoms with Crippen LogP contribution in [0.4, 0.5) is 11.4 Å². The molecule has 3 saturated heterocycles. The molecule has 0 radical (unpaired) electrons. The Hall–Kier alpha value is -6.10. The van der Waals surface area contributed by atoms with E-state index in [1.165, 1.54) is 6.07 Å². The number of nitrogens with zero attached hydrogens (tertiary/aromatic N) is 3. The SMILES string of the molecule is O=C(CCOCCOCCOCCNc1ccc2c(c1)C(=O)N(C1CCC(=O)NC1=O)C2=O)NCCc1cccc(N2C[C@H]3C[C@@H]2CN3/C=C/C(=O)c2ccccc2O)c1. The van der Waals surface area contributed by atoms with Crippen LogP contribution in [0.3, 0.4) is 0 Å². The number of likely N-dealkylation sites (tertiary alicyclic amines) is 1. The van der Waals surface area contributed by atoms with Crippen molar-refractivity contribution in [3.05, 3.63) is 101 Å². The molecule has 5 amide bonds. The van der Waals surface area contributed by atoms with Crippen LogP contribution in [-0.4, -0.2) is 134 Å². The Kier molecular flexibility index (Phi) is 13.9. The number of ketones is 1. The van der Waals surface area contributed by atoms with Crippen molar-refractivity contribution in [2.75, 3.05) is 76.0 Å². The smallest absolute Gasteiger partial charge is 0.262 e. The van der Waals surface area contributed by atoms with Crippen LogP contribution in [0, 0.1) is 0 Å². The van der Waals surface area contributed by atoms with Crippen LogP contribution >= 0.6 is 0 Å².